The molecule has 26 heavy (non-hydrogen) atoms. The van der Waals surface area contributed by atoms with Crippen LogP contribution in [0.5, 0.6) is 0 Å². The maximum atomic E-state index is 11.7. The van der Waals surface area contributed by atoms with Gasteiger partial charge in [0.25, 0.3) is 0 Å². The summed E-state index contributed by atoms with van der Waals surface area (Å²) in [5.74, 6) is -0.604. The Bertz CT molecular complexity index is 336. The Hall–Kier alpha value is -1.14. The van der Waals surface area contributed by atoms with Crippen LogP contribution in [0.3, 0.4) is 0 Å². The molecule has 0 heterocycles. The van der Waals surface area contributed by atoms with Gasteiger partial charge in [-0.05, 0) is 38.5 Å². The Balaban J connectivity index is 3.16. The van der Waals surface area contributed by atoms with Gasteiger partial charge in [-0.15, -0.1) is 0 Å². The van der Waals surface area contributed by atoms with Gasteiger partial charge in [-0.1, -0.05) is 32.6 Å². The van der Waals surface area contributed by atoms with Gasteiger partial charge in [0.05, 0.1) is 0 Å². The van der Waals surface area contributed by atoms with E-state index in [0.29, 0.717) is 19.6 Å². The van der Waals surface area contributed by atoms with Crippen LogP contribution < -0.4 is 5.32 Å². The molecule has 0 aliphatic rings. The standard InChI is InChI=1S/C20H39NO5/c1-2-15-25-16-9-10-17-26-18-11-14-21-19(22)12-7-5-3-4-6-8-13-20(23)24/h2-18H2,1H3,(H,21,22)(H,23,24). The summed E-state index contributed by atoms with van der Waals surface area (Å²) < 4.78 is 10.9. The van der Waals surface area contributed by atoms with Crippen molar-refractivity contribution >= 4 is 11.9 Å². The minimum Gasteiger partial charge on any atom is -0.481 e. The highest BCUT2D eigenvalue weighted by molar-refractivity contribution is 5.75. The Kier molecular flexibility index (Phi) is 19.3. The van der Waals surface area contributed by atoms with Gasteiger partial charge in [0, 0.05) is 45.8 Å². The number of nitrogens with one attached hydrogen (secondary N) is 1. The highest BCUT2D eigenvalue weighted by atomic mass is 16.5. The average Bonchev–Trinajstić information content (AvgIpc) is 2.61. The molecule has 6 nitrogen and oxygen atoms in total. The van der Waals surface area contributed by atoms with E-state index in [-0.39, 0.29) is 12.3 Å². The molecule has 1 amide bonds. The first-order valence-corrected chi connectivity index (χ1v) is 10.3. The van der Waals surface area contributed by atoms with Crippen molar-refractivity contribution < 1.29 is 24.2 Å². The Labute approximate surface area is 159 Å². The van der Waals surface area contributed by atoms with Gasteiger partial charge in [-0.25, -0.2) is 0 Å². The smallest absolute Gasteiger partial charge is 0.303 e. The summed E-state index contributed by atoms with van der Waals surface area (Å²) in [6.45, 7) is 5.88. The van der Waals surface area contributed by atoms with Crippen LogP contribution in [0.2, 0.25) is 0 Å². The fourth-order valence-corrected chi connectivity index (χ4v) is 2.52. The first-order chi connectivity index (χ1) is 12.7. The summed E-state index contributed by atoms with van der Waals surface area (Å²) in [6, 6.07) is 0. The van der Waals surface area contributed by atoms with Crippen LogP contribution in [0, 0.1) is 0 Å². The number of carbonyl (C=O) groups is 2. The molecule has 0 aliphatic carbocycles. The first-order valence-electron chi connectivity index (χ1n) is 10.3. The van der Waals surface area contributed by atoms with Gasteiger partial charge in [0.2, 0.25) is 5.91 Å². The molecule has 0 fully saturated rings. The van der Waals surface area contributed by atoms with Crippen molar-refractivity contribution in [2.75, 3.05) is 33.0 Å². The molecule has 0 unspecified atom stereocenters. The molecule has 0 aromatic heterocycles. The quantitative estimate of drug-likeness (QED) is 0.316. The minimum atomic E-state index is -0.718. The van der Waals surface area contributed by atoms with Crippen molar-refractivity contribution in [2.24, 2.45) is 0 Å². The summed E-state index contributed by atoms with van der Waals surface area (Å²) >= 11 is 0. The Morgan fingerprint density at radius 3 is 1.88 bits per heavy atom. The van der Waals surface area contributed by atoms with E-state index < -0.39 is 5.97 Å². The number of rotatable bonds is 20. The maximum absolute atomic E-state index is 11.7. The van der Waals surface area contributed by atoms with Gasteiger partial charge >= 0.3 is 5.97 Å². The summed E-state index contributed by atoms with van der Waals surface area (Å²) in [4.78, 5) is 22.1. The number of hydrogen-bond donors (Lipinski definition) is 2. The van der Waals surface area contributed by atoms with Crippen LogP contribution in [0.4, 0.5) is 0 Å². The lowest BCUT2D eigenvalue weighted by molar-refractivity contribution is -0.137. The van der Waals surface area contributed by atoms with E-state index in [2.05, 4.69) is 12.2 Å². The van der Waals surface area contributed by atoms with Gasteiger partial charge in [0.1, 0.15) is 0 Å². The van der Waals surface area contributed by atoms with E-state index in [4.69, 9.17) is 14.6 Å². The third-order valence-electron chi connectivity index (χ3n) is 4.01. The molecule has 0 aromatic rings. The topological polar surface area (TPSA) is 84.9 Å². The average molecular weight is 374 g/mol. The molecule has 2 N–H and O–H groups in total. The van der Waals surface area contributed by atoms with E-state index in [1.54, 1.807) is 0 Å². The molecule has 0 aromatic carbocycles. The third kappa shape index (κ3) is 20.9. The van der Waals surface area contributed by atoms with E-state index in [1.165, 1.54) is 0 Å². The molecule has 0 atom stereocenters. The zero-order chi connectivity index (χ0) is 19.3. The lowest BCUT2D eigenvalue weighted by Crippen LogP contribution is -2.24. The first kappa shape index (κ1) is 24.9. The Morgan fingerprint density at radius 1 is 0.731 bits per heavy atom. The van der Waals surface area contributed by atoms with Crippen molar-refractivity contribution in [1.29, 1.82) is 0 Å². The summed E-state index contributed by atoms with van der Waals surface area (Å²) in [5.41, 5.74) is 0. The second kappa shape index (κ2) is 20.2. The molecule has 6 heteroatoms. The van der Waals surface area contributed by atoms with E-state index in [1.807, 2.05) is 0 Å². The van der Waals surface area contributed by atoms with Crippen LogP contribution in [0.15, 0.2) is 0 Å². The van der Waals surface area contributed by atoms with Gasteiger partial charge in [-0.3, -0.25) is 9.59 Å². The predicted molar refractivity (Wildman–Crippen MR) is 103 cm³/mol. The second-order valence-corrected chi connectivity index (χ2v) is 6.65. The van der Waals surface area contributed by atoms with Crippen molar-refractivity contribution in [3.63, 3.8) is 0 Å². The summed E-state index contributed by atoms with van der Waals surface area (Å²) in [5, 5.41) is 11.5. The number of ether oxygens (including phenoxy) is 2. The molecular formula is C20H39NO5. The van der Waals surface area contributed by atoms with Crippen LogP contribution in [0.1, 0.15) is 84.0 Å². The number of unbranched alkanes of at least 4 members (excludes halogenated alkanes) is 6. The van der Waals surface area contributed by atoms with Crippen molar-refractivity contribution in [3.05, 3.63) is 0 Å². The molecule has 0 saturated heterocycles. The van der Waals surface area contributed by atoms with Gasteiger partial charge in [0.15, 0.2) is 0 Å². The SMILES string of the molecule is CCCOCCCCOCCCNC(=O)CCCCCCCCC(=O)O. The van der Waals surface area contributed by atoms with Crippen LogP contribution >= 0.6 is 0 Å². The molecule has 0 rings (SSSR count). The normalized spacial score (nSPS) is 10.8. The largest absolute Gasteiger partial charge is 0.481 e. The van der Waals surface area contributed by atoms with Crippen LogP contribution in [0.25, 0.3) is 0 Å². The molecular weight excluding hydrogens is 334 g/mol. The lowest BCUT2D eigenvalue weighted by atomic mass is 10.1. The zero-order valence-electron chi connectivity index (χ0n) is 16.6. The monoisotopic (exact) mass is 373 g/mol. The van der Waals surface area contributed by atoms with Crippen molar-refractivity contribution in [1.82, 2.24) is 5.32 Å². The van der Waals surface area contributed by atoms with E-state index in [9.17, 15) is 9.59 Å². The molecule has 0 bridgehead atoms. The number of carboxylic acid groups (broad SMARTS) is 1. The van der Waals surface area contributed by atoms with Crippen molar-refractivity contribution in [3.8, 4) is 0 Å². The van der Waals surface area contributed by atoms with Gasteiger partial charge < -0.3 is 19.9 Å². The van der Waals surface area contributed by atoms with E-state index >= 15 is 0 Å². The summed E-state index contributed by atoms with van der Waals surface area (Å²) in [6.07, 6.45) is 10.6. The predicted octanol–water partition coefficient (Wildman–Crippen LogP) is 3.92. The third-order valence-corrected chi connectivity index (χ3v) is 4.01. The summed E-state index contributed by atoms with van der Waals surface area (Å²) in [7, 11) is 0. The fourth-order valence-electron chi connectivity index (χ4n) is 2.52. The number of amides is 1. The van der Waals surface area contributed by atoms with Crippen LogP contribution in [-0.4, -0.2) is 50.0 Å². The maximum Gasteiger partial charge on any atom is 0.303 e. The molecule has 0 saturated carbocycles. The number of carboxylic acids is 1. The number of hydrogen-bond acceptors (Lipinski definition) is 4. The molecule has 0 spiro atoms. The van der Waals surface area contributed by atoms with Crippen LogP contribution in [-0.2, 0) is 19.1 Å². The number of carbonyl (C=O) groups excluding carboxylic acids is 1. The highest BCUT2D eigenvalue weighted by Gasteiger charge is 2.01. The molecule has 0 radical (unpaired) electrons. The van der Waals surface area contributed by atoms with Gasteiger partial charge in [-0.2, -0.15) is 0 Å². The second-order valence-electron chi connectivity index (χ2n) is 6.65. The highest BCUT2D eigenvalue weighted by Crippen LogP contribution is 2.08. The van der Waals surface area contributed by atoms with Crippen molar-refractivity contribution in [2.45, 2.75) is 84.0 Å². The zero-order valence-corrected chi connectivity index (χ0v) is 16.6. The van der Waals surface area contributed by atoms with E-state index in [0.717, 1.165) is 84.0 Å². The lowest BCUT2D eigenvalue weighted by Gasteiger charge is -2.07. The minimum absolute atomic E-state index is 0.115. The molecule has 154 valence electrons. The fraction of sp³-hybridized carbons (Fsp3) is 0.900. The number of aliphatic carboxylic acids is 1. The molecule has 0 aliphatic heterocycles. The Morgan fingerprint density at radius 2 is 1.27 bits per heavy atom.